The van der Waals surface area contributed by atoms with Crippen LogP contribution in [0.5, 0.6) is 0 Å². The number of alkyl halides is 2. The molecule has 0 radical (unpaired) electrons. The third kappa shape index (κ3) is 5.70. The van der Waals surface area contributed by atoms with Crippen LogP contribution in [0.3, 0.4) is 0 Å². The van der Waals surface area contributed by atoms with Crippen LogP contribution in [0.1, 0.15) is 36.4 Å². The van der Waals surface area contributed by atoms with E-state index in [0.717, 1.165) is 45.8 Å². The number of halogens is 4. The van der Waals surface area contributed by atoms with E-state index in [0.29, 0.717) is 22.0 Å². The first-order valence-corrected chi connectivity index (χ1v) is 15.3. The van der Waals surface area contributed by atoms with Crippen molar-refractivity contribution >= 4 is 39.7 Å². The van der Waals surface area contributed by atoms with Crippen LogP contribution in [0.2, 0.25) is 5.02 Å². The van der Waals surface area contributed by atoms with Crippen LogP contribution < -0.4 is 10.9 Å². The Morgan fingerprint density at radius 3 is 2.70 bits per heavy atom. The average molecular weight is 635 g/mol. The molecule has 1 amide bonds. The number of hydrogen-bond donors (Lipinski definition) is 2. The van der Waals surface area contributed by atoms with Crippen molar-refractivity contribution in [1.29, 1.82) is 0 Å². The van der Waals surface area contributed by atoms with Gasteiger partial charge in [-0.15, -0.1) is 16.4 Å². The standard InChI is InChI=1S/C29H30ClF3N6O3S/c1-34-17-10-16-2-3-18(24(30)19(16)11-17)26-25-20(13-43-26)28(41)38(15-35-25)14-29(42)5-8-37(9-6-29)23(40)12-21(27(32)33)39-7-4-22(31)36-39/h2-4,7,13,15,17,21,27,34,42H,5-6,8-12,14H2,1H3. The van der Waals surface area contributed by atoms with Crippen LogP contribution in [0.4, 0.5) is 13.2 Å². The number of amides is 1. The molecule has 1 aromatic carbocycles. The van der Waals surface area contributed by atoms with Gasteiger partial charge in [0, 0.05) is 42.3 Å². The minimum Gasteiger partial charge on any atom is -0.388 e. The van der Waals surface area contributed by atoms with Crippen molar-refractivity contribution in [2.45, 2.75) is 62.8 Å². The fraction of sp³-hybridized carbons (Fsp3) is 0.448. The van der Waals surface area contributed by atoms with Crippen LogP contribution in [-0.2, 0) is 24.2 Å². The van der Waals surface area contributed by atoms with Gasteiger partial charge in [0.1, 0.15) is 6.04 Å². The van der Waals surface area contributed by atoms with E-state index >= 15 is 0 Å². The van der Waals surface area contributed by atoms with Gasteiger partial charge in [0.15, 0.2) is 0 Å². The summed E-state index contributed by atoms with van der Waals surface area (Å²) in [4.78, 5) is 33.0. The van der Waals surface area contributed by atoms with E-state index in [9.17, 15) is 27.9 Å². The Morgan fingerprint density at radius 2 is 2.02 bits per heavy atom. The second kappa shape index (κ2) is 11.7. The third-order valence-corrected chi connectivity index (χ3v) is 10.0. The lowest BCUT2D eigenvalue weighted by Crippen LogP contribution is -2.50. The SMILES string of the molecule is CNC1Cc2ccc(-c3scc4c(=O)n(CC5(O)CCN(C(=O)CC(C(F)F)n6ccc(F)n6)CC5)cnc34)c(Cl)c2C1. The number of piperidine rings is 1. The van der Waals surface area contributed by atoms with Crippen LogP contribution in [-0.4, -0.2) is 73.5 Å². The second-order valence-electron chi connectivity index (χ2n) is 11.3. The molecule has 2 atom stereocenters. The summed E-state index contributed by atoms with van der Waals surface area (Å²) in [6, 6.07) is 3.76. The number of likely N-dealkylation sites (tertiary alicyclic amines) is 1. The number of carbonyl (C=O) groups is 1. The highest BCUT2D eigenvalue weighted by atomic mass is 35.5. The molecule has 1 aliphatic heterocycles. The first-order chi connectivity index (χ1) is 20.6. The van der Waals surface area contributed by atoms with Gasteiger partial charge >= 0.3 is 0 Å². The summed E-state index contributed by atoms with van der Waals surface area (Å²) in [5.41, 5.74) is 2.12. The molecule has 228 valence electrons. The number of nitrogens with zero attached hydrogens (tertiary/aromatic N) is 5. The van der Waals surface area contributed by atoms with Crippen LogP contribution in [0, 0.1) is 5.95 Å². The molecule has 0 bridgehead atoms. The second-order valence-corrected chi connectivity index (χ2v) is 12.6. The minimum atomic E-state index is -2.92. The number of thiophene rings is 1. The van der Waals surface area contributed by atoms with E-state index in [1.54, 1.807) is 5.38 Å². The molecule has 1 fully saturated rings. The van der Waals surface area contributed by atoms with Crippen LogP contribution in [0.15, 0.2) is 40.9 Å². The summed E-state index contributed by atoms with van der Waals surface area (Å²) in [5.74, 6) is -1.45. The number of hydrogen-bond acceptors (Lipinski definition) is 7. The minimum absolute atomic E-state index is 0.0286. The van der Waals surface area contributed by atoms with E-state index in [2.05, 4.69) is 21.5 Å². The molecule has 9 nitrogen and oxygen atoms in total. The molecule has 2 N–H and O–H groups in total. The highest BCUT2D eigenvalue weighted by molar-refractivity contribution is 7.15. The number of fused-ring (bicyclic) bond motifs is 2. The Hall–Kier alpha value is -3.26. The van der Waals surface area contributed by atoms with Gasteiger partial charge in [-0.25, -0.2) is 13.8 Å². The summed E-state index contributed by atoms with van der Waals surface area (Å²) in [6.45, 7) is 0.216. The summed E-state index contributed by atoms with van der Waals surface area (Å²) in [5, 5.41) is 20.9. The van der Waals surface area contributed by atoms with Gasteiger partial charge in [-0.1, -0.05) is 23.7 Å². The van der Waals surface area contributed by atoms with E-state index in [1.807, 2.05) is 13.1 Å². The normalized spacial score (nSPS) is 18.9. The van der Waals surface area contributed by atoms with Crippen molar-refractivity contribution in [1.82, 2.24) is 29.5 Å². The first-order valence-electron chi connectivity index (χ1n) is 14.0. The van der Waals surface area contributed by atoms with Gasteiger partial charge in [0.2, 0.25) is 11.9 Å². The predicted octanol–water partition coefficient (Wildman–Crippen LogP) is 4.05. The van der Waals surface area contributed by atoms with Crippen molar-refractivity contribution in [3.8, 4) is 10.4 Å². The maximum absolute atomic E-state index is 13.6. The summed E-state index contributed by atoms with van der Waals surface area (Å²) < 4.78 is 42.6. The largest absolute Gasteiger partial charge is 0.388 e. The highest BCUT2D eigenvalue weighted by Crippen LogP contribution is 2.41. The first kappa shape index (κ1) is 29.8. The van der Waals surface area contributed by atoms with Crippen molar-refractivity contribution in [2.24, 2.45) is 0 Å². The lowest BCUT2D eigenvalue weighted by molar-refractivity contribution is -0.138. The Morgan fingerprint density at radius 1 is 1.26 bits per heavy atom. The fourth-order valence-corrected chi connectivity index (χ4v) is 7.49. The maximum Gasteiger partial charge on any atom is 0.262 e. The summed E-state index contributed by atoms with van der Waals surface area (Å²) in [6.07, 6.45) is 1.07. The zero-order valence-electron chi connectivity index (χ0n) is 23.3. The lowest BCUT2D eigenvalue weighted by atomic mass is 9.91. The number of benzene rings is 1. The Labute approximate surface area is 253 Å². The van der Waals surface area contributed by atoms with Gasteiger partial charge in [-0.2, -0.15) is 4.39 Å². The number of aromatic nitrogens is 4. The molecule has 2 unspecified atom stereocenters. The highest BCUT2D eigenvalue weighted by Gasteiger charge is 2.37. The number of likely N-dealkylation sites (N-methyl/N-ethyl adjacent to an activating group) is 1. The van der Waals surface area contributed by atoms with Crippen molar-refractivity contribution in [2.75, 3.05) is 20.1 Å². The molecule has 4 heterocycles. The van der Waals surface area contributed by atoms with Gasteiger partial charge in [-0.3, -0.25) is 18.8 Å². The Kier molecular flexibility index (Phi) is 8.09. The lowest BCUT2D eigenvalue weighted by Gasteiger charge is -2.38. The van der Waals surface area contributed by atoms with Gasteiger partial charge in [0.25, 0.3) is 12.0 Å². The van der Waals surface area contributed by atoms with Crippen molar-refractivity contribution in [3.63, 3.8) is 0 Å². The van der Waals surface area contributed by atoms with Crippen LogP contribution in [0.25, 0.3) is 21.3 Å². The molecular weight excluding hydrogens is 605 g/mol. The number of nitrogens with one attached hydrogen (secondary N) is 1. The smallest absolute Gasteiger partial charge is 0.262 e. The molecule has 1 aliphatic carbocycles. The number of carbonyl (C=O) groups excluding carboxylic acids is 1. The molecule has 3 aromatic heterocycles. The van der Waals surface area contributed by atoms with E-state index in [4.69, 9.17) is 11.6 Å². The van der Waals surface area contributed by atoms with E-state index in [-0.39, 0.29) is 38.0 Å². The molecule has 2 aliphatic rings. The van der Waals surface area contributed by atoms with Crippen molar-refractivity contribution < 1.29 is 23.1 Å². The topological polar surface area (TPSA) is 105 Å². The van der Waals surface area contributed by atoms with E-state index < -0.39 is 36.3 Å². The molecule has 43 heavy (non-hydrogen) atoms. The molecule has 0 spiro atoms. The fourth-order valence-electron chi connectivity index (χ4n) is 6.06. The number of aliphatic hydroxyl groups is 1. The Balaban J connectivity index is 1.15. The number of rotatable bonds is 8. The Bertz CT molecular complexity index is 1730. The molecule has 0 saturated carbocycles. The van der Waals surface area contributed by atoms with E-state index in [1.165, 1.54) is 32.7 Å². The third-order valence-electron chi connectivity index (χ3n) is 8.59. The van der Waals surface area contributed by atoms with Crippen molar-refractivity contribution in [3.05, 3.63) is 68.6 Å². The zero-order chi connectivity index (χ0) is 30.5. The summed E-state index contributed by atoms with van der Waals surface area (Å²) in [7, 11) is 1.94. The quantitative estimate of drug-likeness (QED) is 0.303. The van der Waals surface area contributed by atoms with Gasteiger partial charge < -0.3 is 15.3 Å². The van der Waals surface area contributed by atoms with Gasteiger partial charge in [-0.05, 0) is 43.9 Å². The van der Waals surface area contributed by atoms with Crippen LogP contribution >= 0.6 is 22.9 Å². The molecule has 14 heteroatoms. The molecule has 6 rings (SSSR count). The molecule has 4 aromatic rings. The average Bonchev–Trinajstić information content (AvgIpc) is 3.72. The maximum atomic E-state index is 13.6. The molecule has 1 saturated heterocycles. The monoisotopic (exact) mass is 634 g/mol. The van der Waals surface area contributed by atoms with Gasteiger partial charge in [0.05, 0.1) is 45.7 Å². The zero-order valence-corrected chi connectivity index (χ0v) is 24.8. The molecular formula is C29H30ClF3N6O3S. The summed E-state index contributed by atoms with van der Waals surface area (Å²) >= 11 is 8.24. The predicted molar refractivity (Wildman–Crippen MR) is 157 cm³/mol.